The number of nitrogens with zero attached hydrogens (tertiary/aromatic N) is 2. The molecular weight excluding hydrogens is 378 g/mol. The first-order valence-corrected chi connectivity index (χ1v) is 9.78. The largest absolute Gasteiger partial charge is 0.505 e. The summed E-state index contributed by atoms with van der Waals surface area (Å²) in [7, 11) is 1.80. The Morgan fingerprint density at radius 3 is 2.53 bits per heavy atom. The van der Waals surface area contributed by atoms with Crippen LogP contribution < -0.4 is 10.2 Å². The van der Waals surface area contributed by atoms with Crippen LogP contribution in [0, 0.1) is 25.2 Å². The highest BCUT2D eigenvalue weighted by Crippen LogP contribution is 2.20. The summed E-state index contributed by atoms with van der Waals surface area (Å²) in [6.45, 7) is 5.81. The third-order valence-corrected chi connectivity index (χ3v) is 5.33. The minimum absolute atomic E-state index is 0.0770. The number of rotatable bonds is 6. The Hall–Kier alpha value is -3.63. The number of imidazole rings is 1. The Labute approximate surface area is 175 Å². The monoisotopic (exact) mass is 404 g/mol. The number of anilines is 1. The van der Waals surface area contributed by atoms with E-state index >= 15 is 0 Å². The molecule has 4 N–H and O–H groups in total. The second-order valence-corrected chi connectivity index (χ2v) is 7.53. The number of aryl methyl sites for hydroxylation is 2. The van der Waals surface area contributed by atoms with E-state index < -0.39 is 6.04 Å². The van der Waals surface area contributed by atoms with Crippen molar-refractivity contribution < 1.29 is 14.8 Å². The van der Waals surface area contributed by atoms with Crippen LogP contribution in [-0.4, -0.2) is 40.6 Å². The number of quaternary nitrogens is 1. The molecule has 3 aromatic rings. The van der Waals surface area contributed by atoms with Crippen LogP contribution in [0.4, 0.5) is 5.69 Å². The van der Waals surface area contributed by atoms with Gasteiger partial charge in [0.05, 0.1) is 18.1 Å². The van der Waals surface area contributed by atoms with Gasteiger partial charge in [-0.2, -0.15) is 5.26 Å². The lowest BCUT2D eigenvalue weighted by molar-refractivity contribution is -0.891. The molecule has 0 aliphatic heterocycles. The number of likely N-dealkylation sites (N-methyl/N-ethyl adjacent to an activating group) is 1. The molecule has 0 radical (unpaired) electrons. The van der Waals surface area contributed by atoms with Crippen LogP contribution in [0.15, 0.2) is 48.2 Å². The van der Waals surface area contributed by atoms with Crippen molar-refractivity contribution in [3.8, 4) is 6.07 Å². The summed E-state index contributed by atoms with van der Waals surface area (Å²) >= 11 is 0. The highest BCUT2D eigenvalue weighted by Gasteiger charge is 2.26. The van der Waals surface area contributed by atoms with Gasteiger partial charge in [-0.15, -0.1) is 0 Å². The number of aromatic amines is 1. The van der Waals surface area contributed by atoms with E-state index in [1.54, 1.807) is 14.0 Å². The molecular formula is C23H26N5O2+. The summed E-state index contributed by atoms with van der Waals surface area (Å²) in [6, 6.07) is 14.8. The summed E-state index contributed by atoms with van der Waals surface area (Å²) in [5.74, 6) is 0.0524. The van der Waals surface area contributed by atoms with Crippen LogP contribution in [0.25, 0.3) is 16.6 Å². The highest BCUT2D eigenvalue weighted by molar-refractivity contribution is 5.93. The fraction of sp³-hybridized carbons (Fsp3) is 0.261. The van der Waals surface area contributed by atoms with Gasteiger partial charge in [-0.3, -0.25) is 4.79 Å². The topological polar surface area (TPSA) is 106 Å². The zero-order valence-electron chi connectivity index (χ0n) is 17.6. The van der Waals surface area contributed by atoms with Crippen LogP contribution >= 0.6 is 0 Å². The summed E-state index contributed by atoms with van der Waals surface area (Å²) in [5, 5.41) is 23.3. The number of H-pyrrole nitrogens is 1. The van der Waals surface area contributed by atoms with Crippen LogP contribution in [0.5, 0.6) is 0 Å². The molecule has 0 aliphatic carbocycles. The van der Waals surface area contributed by atoms with Gasteiger partial charge in [0.25, 0.3) is 5.91 Å². The fourth-order valence-electron chi connectivity index (χ4n) is 3.35. The number of fused-ring (bicyclic) bond motifs is 1. The molecule has 154 valence electrons. The van der Waals surface area contributed by atoms with E-state index in [0.29, 0.717) is 5.82 Å². The van der Waals surface area contributed by atoms with E-state index in [1.807, 2.05) is 62.4 Å². The zero-order valence-corrected chi connectivity index (χ0v) is 17.6. The Morgan fingerprint density at radius 2 is 1.90 bits per heavy atom. The van der Waals surface area contributed by atoms with Crippen molar-refractivity contribution in [2.24, 2.45) is 0 Å². The maximum atomic E-state index is 12.6. The Balaban J connectivity index is 1.77. The van der Waals surface area contributed by atoms with E-state index in [-0.39, 0.29) is 23.8 Å². The van der Waals surface area contributed by atoms with Crippen LogP contribution in [0.3, 0.4) is 0 Å². The smallest absolute Gasteiger partial charge is 0.279 e. The number of amides is 1. The predicted octanol–water partition coefficient (Wildman–Crippen LogP) is 2.51. The first-order valence-electron chi connectivity index (χ1n) is 9.78. The van der Waals surface area contributed by atoms with Crippen molar-refractivity contribution in [2.45, 2.75) is 26.8 Å². The average Bonchev–Trinajstić information content (AvgIpc) is 3.14. The molecule has 2 atom stereocenters. The molecule has 0 saturated heterocycles. The molecule has 1 heterocycles. The number of benzene rings is 2. The van der Waals surface area contributed by atoms with Gasteiger partial charge in [0, 0.05) is 5.69 Å². The molecule has 0 aliphatic rings. The number of hydrogen-bond donors (Lipinski definition) is 4. The average molecular weight is 404 g/mol. The number of aromatic nitrogens is 2. The normalized spacial score (nSPS) is 14.0. The number of nitrogens with one attached hydrogen (secondary N) is 3. The van der Waals surface area contributed by atoms with Crippen LogP contribution in [0.1, 0.15) is 23.9 Å². The van der Waals surface area contributed by atoms with Gasteiger partial charge in [-0.25, -0.2) is 4.98 Å². The van der Waals surface area contributed by atoms with Crippen molar-refractivity contribution >= 4 is 28.2 Å². The molecule has 0 fully saturated rings. The Morgan fingerprint density at radius 1 is 1.23 bits per heavy atom. The number of nitriles is 1. The standard InChI is InChI=1S/C23H25N5O2/c1-14-8-7-9-15(2)21(14)27-20(29)13-28(4)16(3)22(30)17(12-24)23-25-18-10-5-6-11-19(18)26-23/h5-11,16,30H,13H2,1-4H3,(H,25,26)(H,27,29)/p+1/b22-17-/t16-/m1/s1. The minimum atomic E-state index is -0.475. The highest BCUT2D eigenvalue weighted by atomic mass is 16.3. The zero-order chi connectivity index (χ0) is 21.8. The number of allylic oxidation sites excluding steroid dienone is 1. The van der Waals surface area contributed by atoms with E-state index in [2.05, 4.69) is 15.3 Å². The van der Waals surface area contributed by atoms with E-state index in [4.69, 9.17) is 0 Å². The van der Waals surface area contributed by atoms with Gasteiger partial charge in [-0.05, 0) is 44.0 Å². The second-order valence-electron chi connectivity index (χ2n) is 7.53. The molecule has 0 saturated carbocycles. The molecule has 7 heteroatoms. The minimum Gasteiger partial charge on any atom is -0.505 e. The van der Waals surface area contributed by atoms with Crippen molar-refractivity contribution in [1.29, 1.82) is 5.26 Å². The number of carbonyl (C=O) groups excluding carboxylic acids is 1. The Bertz CT molecular complexity index is 1100. The maximum Gasteiger partial charge on any atom is 0.279 e. The van der Waals surface area contributed by atoms with Gasteiger partial charge in [-0.1, -0.05) is 30.3 Å². The molecule has 1 aromatic heterocycles. The van der Waals surface area contributed by atoms with Gasteiger partial charge in [0.1, 0.15) is 17.7 Å². The number of para-hydroxylation sites is 3. The maximum absolute atomic E-state index is 12.6. The predicted molar refractivity (Wildman–Crippen MR) is 117 cm³/mol. The molecule has 1 unspecified atom stereocenters. The lowest BCUT2D eigenvalue weighted by Crippen LogP contribution is -3.13. The molecule has 0 spiro atoms. The quantitative estimate of drug-likeness (QED) is 0.374. The first-order chi connectivity index (χ1) is 14.3. The molecule has 3 rings (SSSR count). The fourth-order valence-corrected chi connectivity index (χ4v) is 3.35. The summed E-state index contributed by atoms with van der Waals surface area (Å²) in [5.41, 5.74) is 4.38. The van der Waals surface area contributed by atoms with E-state index in [1.165, 1.54) is 0 Å². The van der Waals surface area contributed by atoms with Crippen LogP contribution in [0.2, 0.25) is 0 Å². The third kappa shape index (κ3) is 4.34. The van der Waals surface area contributed by atoms with Gasteiger partial charge in [0.15, 0.2) is 18.1 Å². The number of hydrogen-bond acceptors (Lipinski definition) is 4. The van der Waals surface area contributed by atoms with Crippen molar-refractivity contribution in [3.05, 3.63) is 65.2 Å². The molecule has 30 heavy (non-hydrogen) atoms. The Kier molecular flexibility index (Phi) is 6.19. The second kappa shape index (κ2) is 8.80. The first kappa shape index (κ1) is 21.1. The number of aliphatic hydroxyl groups excluding tert-OH is 1. The molecule has 7 nitrogen and oxygen atoms in total. The van der Waals surface area contributed by atoms with Crippen molar-refractivity contribution in [1.82, 2.24) is 9.97 Å². The lowest BCUT2D eigenvalue weighted by Gasteiger charge is -2.21. The number of carbonyl (C=O) groups is 1. The molecule has 1 amide bonds. The van der Waals surface area contributed by atoms with Gasteiger partial charge in [0.2, 0.25) is 0 Å². The van der Waals surface area contributed by atoms with Crippen LogP contribution in [-0.2, 0) is 4.79 Å². The molecule has 0 bridgehead atoms. The van der Waals surface area contributed by atoms with Crippen molar-refractivity contribution in [3.63, 3.8) is 0 Å². The SMILES string of the molecule is Cc1cccc(C)c1NC(=O)C[NH+](C)[C@H](C)/C(O)=C(\C#N)c1nc2ccccc2[nH]1. The lowest BCUT2D eigenvalue weighted by atomic mass is 10.1. The van der Waals surface area contributed by atoms with E-state index in [0.717, 1.165) is 32.7 Å². The summed E-state index contributed by atoms with van der Waals surface area (Å²) in [4.78, 5) is 20.8. The number of aliphatic hydroxyl groups is 1. The van der Waals surface area contributed by atoms with Crippen molar-refractivity contribution in [2.75, 3.05) is 18.9 Å². The van der Waals surface area contributed by atoms with Gasteiger partial charge >= 0.3 is 0 Å². The summed E-state index contributed by atoms with van der Waals surface area (Å²) in [6.07, 6.45) is 0. The molecule has 2 aromatic carbocycles. The van der Waals surface area contributed by atoms with Gasteiger partial charge < -0.3 is 20.3 Å². The summed E-state index contributed by atoms with van der Waals surface area (Å²) < 4.78 is 0. The van der Waals surface area contributed by atoms with E-state index in [9.17, 15) is 15.2 Å². The third-order valence-electron chi connectivity index (χ3n) is 5.33.